The minimum atomic E-state index is 0.00241. The molecule has 0 unspecified atom stereocenters. The Bertz CT molecular complexity index is 301. The van der Waals surface area contributed by atoms with E-state index in [0.29, 0.717) is 10.8 Å². The summed E-state index contributed by atoms with van der Waals surface area (Å²) in [4.78, 5) is 0. The van der Waals surface area contributed by atoms with E-state index < -0.39 is 0 Å². The molecule has 0 saturated carbocycles. The summed E-state index contributed by atoms with van der Waals surface area (Å²) in [6, 6.07) is 5.70. The van der Waals surface area contributed by atoms with E-state index in [2.05, 4.69) is 6.92 Å². The van der Waals surface area contributed by atoms with Crippen molar-refractivity contribution < 1.29 is 4.74 Å². The van der Waals surface area contributed by atoms with Gasteiger partial charge in [0.1, 0.15) is 5.75 Å². The van der Waals surface area contributed by atoms with Gasteiger partial charge in [-0.25, -0.2) is 0 Å². The molecule has 0 saturated heterocycles. The van der Waals surface area contributed by atoms with Crippen LogP contribution in [0.4, 0.5) is 0 Å². The van der Waals surface area contributed by atoms with Crippen LogP contribution < -0.4 is 10.5 Å². The molecular formula is C11H16ClNO. The van der Waals surface area contributed by atoms with E-state index in [0.717, 1.165) is 18.4 Å². The van der Waals surface area contributed by atoms with E-state index >= 15 is 0 Å². The maximum atomic E-state index is 6.13. The topological polar surface area (TPSA) is 35.2 Å². The molecule has 2 nitrogen and oxygen atoms in total. The van der Waals surface area contributed by atoms with Crippen molar-refractivity contribution in [1.82, 2.24) is 0 Å². The molecule has 0 spiro atoms. The van der Waals surface area contributed by atoms with Crippen LogP contribution in [-0.2, 0) is 0 Å². The van der Waals surface area contributed by atoms with Crippen LogP contribution in [0.5, 0.6) is 5.75 Å². The van der Waals surface area contributed by atoms with Crippen LogP contribution in [0.3, 0.4) is 0 Å². The van der Waals surface area contributed by atoms with Crippen molar-refractivity contribution in [1.29, 1.82) is 0 Å². The summed E-state index contributed by atoms with van der Waals surface area (Å²) >= 11 is 6.13. The molecule has 0 bridgehead atoms. The third-order valence-corrected chi connectivity index (χ3v) is 2.62. The number of methoxy groups -OCH3 is 1. The van der Waals surface area contributed by atoms with E-state index in [4.69, 9.17) is 22.1 Å². The molecule has 0 aliphatic rings. The molecule has 1 aromatic carbocycles. The summed E-state index contributed by atoms with van der Waals surface area (Å²) in [7, 11) is 1.61. The second kappa shape index (κ2) is 5.23. The Morgan fingerprint density at radius 2 is 2.21 bits per heavy atom. The van der Waals surface area contributed by atoms with Crippen LogP contribution in [0.2, 0.25) is 5.02 Å². The molecule has 2 N–H and O–H groups in total. The highest BCUT2D eigenvalue weighted by Gasteiger charge is 2.12. The smallest absolute Gasteiger partial charge is 0.137 e. The monoisotopic (exact) mass is 213 g/mol. The second-order valence-electron chi connectivity index (χ2n) is 3.26. The van der Waals surface area contributed by atoms with Crippen molar-refractivity contribution >= 4 is 11.6 Å². The maximum absolute atomic E-state index is 6.13. The van der Waals surface area contributed by atoms with Crippen molar-refractivity contribution in [3.05, 3.63) is 28.8 Å². The lowest BCUT2D eigenvalue weighted by molar-refractivity contribution is 0.414. The van der Waals surface area contributed by atoms with E-state index in [1.54, 1.807) is 7.11 Å². The van der Waals surface area contributed by atoms with Gasteiger partial charge in [-0.05, 0) is 18.1 Å². The fourth-order valence-electron chi connectivity index (χ4n) is 1.44. The van der Waals surface area contributed by atoms with Crippen molar-refractivity contribution in [2.24, 2.45) is 5.73 Å². The quantitative estimate of drug-likeness (QED) is 0.834. The first-order valence-electron chi connectivity index (χ1n) is 4.78. The highest BCUT2D eigenvalue weighted by Crippen LogP contribution is 2.32. The largest absolute Gasteiger partial charge is 0.495 e. The van der Waals surface area contributed by atoms with Gasteiger partial charge >= 0.3 is 0 Å². The van der Waals surface area contributed by atoms with Gasteiger partial charge in [-0.1, -0.05) is 37.1 Å². The SMILES string of the molecule is CCC[C@H](N)c1cccc(OC)c1Cl. The van der Waals surface area contributed by atoms with Gasteiger partial charge in [0.05, 0.1) is 12.1 Å². The van der Waals surface area contributed by atoms with E-state index in [1.807, 2.05) is 18.2 Å². The summed E-state index contributed by atoms with van der Waals surface area (Å²) < 4.78 is 5.13. The van der Waals surface area contributed by atoms with Gasteiger partial charge in [-0.15, -0.1) is 0 Å². The Labute approximate surface area is 90.0 Å². The van der Waals surface area contributed by atoms with Gasteiger partial charge in [-0.3, -0.25) is 0 Å². The van der Waals surface area contributed by atoms with E-state index in [-0.39, 0.29) is 6.04 Å². The van der Waals surface area contributed by atoms with Gasteiger partial charge in [-0.2, -0.15) is 0 Å². The third-order valence-electron chi connectivity index (χ3n) is 2.21. The number of ether oxygens (including phenoxy) is 1. The van der Waals surface area contributed by atoms with Crippen LogP contribution in [0.1, 0.15) is 31.4 Å². The lowest BCUT2D eigenvalue weighted by Crippen LogP contribution is -2.10. The van der Waals surface area contributed by atoms with Crippen molar-refractivity contribution in [3.63, 3.8) is 0 Å². The maximum Gasteiger partial charge on any atom is 0.137 e. The molecule has 0 amide bonds. The Morgan fingerprint density at radius 3 is 2.79 bits per heavy atom. The number of hydrogen-bond donors (Lipinski definition) is 1. The predicted octanol–water partition coefficient (Wildman–Crippen LogP) is 3.15. The molecule has 1 rings (SSSR count). The zero-order valence-electron chi connectivity index (χ0n) is 8.59. The Morgan fingerprint density at radius 1 is 1.50 bits per heavy atom. The average molecular weight is 214 g/mol. The fourth-order valence-corrected chi connectivity index (χ4v) is 1.78. The molecule has 0 heterocycles. The van der Waals surface area contributed by atoms with Gasteiger partial charge in [0, 0.05) is 6.04 Å². The minimum Gasteiger partial charge on any atom is -0.495 e. The minimum absolute atomic E-state index is 0.00241. The molecular weight excluding hydrogens is 198 g/mol. The lowest BCUT2D eigenvalue weighted by atomic mass is 10.0. The molecule has 1 aromatic rings. The summed E-state index contributed by atoms with van der Waals surface area (Å²) in [6.45, 7) is 2.11. The van der Waals surface area contributed by atoms with Gasteiger partial charge in [0.25, 0.3) is 0 Å². The standard InChI is InChI=1S/C11H16ClNO/c1-3-5-9(13)8-6-4-7-10(14-2)11(8)12/h4,6-7,9H,3,5,13H2,1-2H3/t9-/m0/s1. The van der Waals surface area contributed by atoms with E-state index in [1.165, 1.54) is 0 Å². The predicted molar refractivity (Wildman–Crippen MR) is 59.8 cm³/mol. The average Bonchev–Trinajstić information content (AvgIpc) is 2.18. The van der Waals surface area contributed by atoms with Gasteiger partial charge in [0.2, 0.25) is 0 Å². The summed E-state index contributed by atoms with van der Waals surface area (Å²) in [5, 5.41) is 0.635. The molecule has 78 valence electrons. The fraction of sp³-hybridized carbons (Fsp3) is 0.455. The van der Waals surface area contributed by atoms with Gasteiger partial charge < -0.3 is 10.5 Å². The number of nitrogens with two attached hydrogens (primary N) is 1. The summed E-state index contributed by atoms with van der Waals surface area (Å²) in [5.74, 6) is 0.690. The number of benzene rings is 1. The van der Waals surface area contributed by atoms with Crippen LogP contribution in [0.25, 0.3) is 0 Å². The van der Waals surface area contributed by atoms with E-state index in [9.17, 15) is 0 Å². The first-order chi connectivity index (χ1) is 6.70. The molecule has 0 aliphatic carbocycles. The zero-order valence-corrected chi connectivity index (χ0v) is 9.34. The van der Waals surface area contributed by atoms with Crippen LogP contribution in [-0.4, -0.2) is 7.11 Å². The highest BCUT2D eigenvalue weighted by molar-refractivity contribution is 6.32. The Kier molecular flexibility index (Phi) is 4.23. The van der Waals surface area contributed by atoms with Crippen LogP contribution in [0.15, 0.2) is 18.2 Å². The second-order valence-corrected chi connectivity index (χ2v) is 3.64. The summed E-state index contributed by atoms with van der Waals surface area (Å²) in [6.07, 6.45) is 1.99. The molecule has 14 heavy (non-hydrogen) atoms. The Hall–Kier alpha value is -0.730. The number of rotatable bonds is 4. The molecule has 3 heteroatoms. The zero-order chi connectivity index (χ0) is 10.6. The Balaban J connectivity index is 2.96. The highest BCUT2D eigenvalue weighted by atomic mass is 35.5. The van der Waals surface area contributed by atoms with Gasteiger partial charge in [0.15, 0.2) is 0 Å². The number of hydrogen-bond acceptors (Lipinski definition) is 2. The van der Waals surface area contributed by atoms with Crippen molar-refractivity contribution in [2.75, 3.05) is 7.11 Å². The first kappa shape index (κ1) is 11.3. The molecule has 1 atom stereocenters. The molecule has 0 aromatic heterocycles. The normalized spacial score (nSPS) is 12.6. The first-order valence-corrected chi connectivity index (χ1v) is 5.16. The van der Waals surface area contributed by atoms with Crippen LogP contribution in [0, 0.1) is 0 Å². The number of halogens is 1. The lowest BCUT2D eigenvalue weighted by Gasteiger charge is -2.14. The molecule has 0 aliphatic heterocycles. The molecule has 0 fully saturated rings. The van der Waals surface area contributed by atoms with Crippen LogP contribution >= 0.6 is 11.6 Å². The third kappa shape index (κ3) is 2.40. The van der Waals surface area contributed by atoms with Crippen molar-refractivity contribution in [2.45, 2.75) is 25.8 Å². The molecule has 0 radical (unpaired) electrons. The summed E-state index contributed by atoms with van der Waals surface area (Å²) in [5.41, 5.74) is 6.96. The van der Waals surface area contributed by atoms with Crippen molar-refractivity contribution in [3.8, 4) is 5.75 Å².